The molecule has 18 heavy (non-hydrogen) atoms. The zero-order chi connectivity index (χ0) is 13.4. The van der Waals surface area contributed by atoms with Crippen molar-refractivity contribution in [3.8, 4) is 5.75 Å². The van der Waals surface area contributed by atoms with E-state index in [1.54, 1.807) is 24.3 Å². The minimum atomic E-state index is -0.726. The maximum Gasteiger partial charge on any atom is 0.115 e. The topological polar surface area (TPSA) is 60.7 Å². The normalized spacial score (nSPS) is 14.4. The Kier molecular flexibility index (Phi) is 6.76. The first kappa shape index (κ1) is 15.0. The molecule has 1 aromatic rings. The van der Waals surface area contributed by atoms with Crippen LogP contribution in [0.5, 0.6) is 5.75 Å². The maximum absolute atomic E-state index is 9.88. The van der Waals surface area contributed by atoms with Crippen LogP contribution in [0.15, 0.2) is 24.3 Å². The van der Waals surface area contributed by atoms with Gasteiger partial charge in [0.25, 0.3) is 0 Å². The molecule has 0 radical (unpaired) electrons. The predicted molar refractivity (Wildman–Crippen MR) is 72.6 cm³/mol. The Morgan fingerprint density at radius 1 is 0.944 bits per heavy atom. The monoisotopic (exact) mass is 252 g/mol. The Hall–Kier alpha value is -1.06. The lowest BCUT2D eigenvalue weighted by atomic mass is 9.99. The molecule has 0 aliphatic carbocycles. The van der Waals surface area contributed by atoms with Gasteiger partial charge in [-0.25, -0.2) is 0 Å². The van der Waals surface area contributed by atoms with Gasteiger partial charge in [0.15, 0.2) is 0 Å². The van der Waals surface area contributed by atoms with Gasteiger partial charge in [-0.15, -0.1) is 0 Å². The van der Waals surface area contributed by atoms with Crippen LogP contribution < -0.4 is 0 Å². The summed E-state index contributed by atoms with van der Waals surface area (Å²) in [5.41, 5.74) is 0.924. The van der Waals surface area contributed by atoms with Crippen LogP contribution in [0.1, 0.15) is 44.6 Å². The van der Waals surface area contributed by atoms with Crippen molar-refractivity contribution in [2.45, 2.75) is 57.7 Å². The van der Waals surface area contributed by atoms with E-state index in [4.69, 9.17) is 5.11 Å². The zero-order valence-electron chi connectivity index (χ0n) is 11.0. The fourth-order valence-electron chi connectivity index (χ4n) is 1.98. The molecule has 0 spiro atoms. The van der Waals surface area contributed by atoms with Gasteiger partial charge in [0.1, 0.15) is 5.75 Å². The van der Waals surface area contributed by atoms with Crippen molar-refractivity contribution in [1.82, 2.24) is 0 Å². The third-order valence-electron chi connectivity index (χ3n) is 3.18. The molecular weight excluding hydrogens is 228 g/mol. The van der Waals surface area contributed by atoms with Crippen LogP contribution >= 0.6 is 0 Å². The van der Waals surface area contributed by atoms with Crippen LogP contribution in [0.4, 0.5) is 0 Å². The Balaban J connectivity index is 2.30. The van der Waals surface area contributed by atoms with E-state index in [2.05, 4.69) is 6.92 Å². The first-order valence-electron chi connectivity index (χ1n) is 6.77. The number of aromatic hydroxyl groups is 1. The largest absolute Gasteiger partial charge is 0.508 e. The van der Waals surface area contributed by atoms with E-state index in [1.807, 2.05) is 0 Å². The smallest absolute Gasteiger partial charge is 0.115 e. The Morgan fingerprint density at radius 3 is 2.22 bits per heavy atom. The Bertz CT molecular complexity index is 321. The number of hydrogen-bond donors (Lipinski definition) is 3. The lowest BCUT2D eigenvalue weighted by Crippen LogP contribution is -2.27. The second-order valence-electron chi connectivity index (χ2n) is 4.85. The van der Waals surface area contributed by atoms with Gasteiger partial charge in [-0.1, -0.05) is 44.7 Å². The molecule has 0 aliphatic heterocycles. The highest BCUT2D eigenvalue weighted by Gasteiger charge is 2.16. The van der Waals surface area contributed by atoms with Gasteiger partial charge < -0.3 is 15.3 Å². The van der Waals surface area contributed by atoms with Gasteiger partial charge in [0.2, 0.25) is 0 Å². The molecule has 3 N–H and O–H groups in total. The van der Waals surface area contributed by atoms with Gasteiger partial charge in [0.05, 0.1) is 12.2 Å². The number of benzene rings is 1. The standard InChI is InChI=1S/C15H24O3/c1-2-3-4-5-6-14(17)15(18)11-12-7-9-13(16)10-8-12/h7-10,14-18H,2-6,11H2,1H3. The van der Waals surface area contributed by atoms with E-state index < -0.39 is 12.2 Å². The third-order valence-corrected chi connectivity index (χ3v) is 3.18. The summed E-state index contributed by atoms with van der Waals surface area (Å²) in [6.45, 7) is 2.15. The van der Waals surface area contributed by atoms with E-state index >= 15 is 0 Å². The zero-order valence-corrected chi connectivity index (χ0v) is 11.0. The van der Waals surface area contributed by atoms with E-state index in [0.717, 1.165) is 18.4 Å². The molecule has 3 nitrogen and oxygen atoms in total. The highest BCUT2D eigenvalue weighted by atomic mass is 16.3. The van der Waals surface area contributed by atoms with Gasteiger partial charge in [-0.3, -0.25) is 0 Å². The predicted octanol–water partition coefficient (Wildman–Crippen LogP) is 2.63. The molecule has 1 aromatic carbocycles. The Morgan fingerprint density at radius 2 is 1.61 bits per heavy atom. The molecule has 102 valence electrons. The van der Waals surface area contributed by atoms with Crippen molar-refractivity contribution >= 4 is 0 Å². The third kappa shape index (κ3) is 5.52. The van der Waals surface area contributed by atoms with Crippen LogP contribution in [-0.2, 0) is 6.42 Å². The fourth-order valence-corrected chi connectivity index (χ4v) is 1.98. The van der Waals surface area contributed by atoms with Crippen LogP contribution in [0, 0.1) is 0 Å². The number of phenols is 1. The number of unbranched alkanes of at least 4 members (excludes halogenated alkanes) is 3. The van der Waals surface area contributed by atoms with Gasteiger partial charge in [-0.2, -0.15) is 0 Å². The number of aliphatic hydroxyl groups excluding tert-OH is 2. The van der Waals surface area contributed by atoms with E-state index in [1.165, 1.54) is 12.8 Å². The minimum absolute atomic E-state index is 0.216. The lowest BCUT2D eigenvalue weighted by molar-refractivity contribution is 0.0137. The second kappa shape index (κ2) is 8.11. The molecule has 0 fully saturated rings. The highest BCUT2D eigenvalue weighted by Crippen LogP contribution is 2.15. The summed E-state index contributed by atoms with van der Waals surface area (Å²) in [6, 6.07) is 6.72. The summed E-state index contributed by atoms with van der Waals surface area (Å²) in [5.74, 6) is 0.216. The average Bonchev–Trinajstić information content (AvgIpc) is 2.37. The van der Waals surface area contributed by atoms with Gasteiger partial charge in [0, 0.05) is 6.42 Å². The SMILES string of the molecule is CCCCCCC(O)C(O)Cc1ccc(O)cc1. The quantitative estimate of drug-likeness (QED) is 0.623. The molecule has 0 saturated carbocycles. The summed E-state index contributed by atoms with van der Waals surface area (Å²) in [4.78, 5) is 0. The molecule has 0 amide bonds. The summed E-state index contributed by atoms with van der Waals surface area (Å²) in [7, 11) is 0. The molecule has 0 aliphatic rings. The molecule has 2 atom stereocenters. The molecule has 1 rings (SSSR count). The van der Waals surface area contributed by atoms with E-state index in [-0.39, 0.29) is 5.75 Å². The van der Waals surface area contributed by atoms with E-state index in [0.29, 0.717) is 12.8 Å². The average molecular weight is 252 g/mol. The minimum Gasteiger partial charge on any atom is -0.508 e. The lowest BCUT2D eigenvalue weighted by Gasteiger charge is -2.17. The summed E-state index contributed by atoms with van der Waals surface area (Å²) in [5, 5.41) is 28.9. The molecule has 2 unspecified atom stereocenters. The molecule has 0 bridgehead atoms. The van der Waals surface area contributed by atoms with Crippen LogP contribution in [0.3, 0.4) is 0 Å². The Labute approximate surface area is 109 Å². The molecule has 0 saturated heterocycles. The van der Waals surface area contributed by atoms with E-state index in [9.17, 15) is 10.2 Å². The van der Waals surface area contributed by atoms with Crippen molar-refractivity contribution < 1.29 is 15.3 Å². The summed E-state index contributed by atoms with van der Waals surface area (Å²) < 4.78 is 0. The van der Waals surface area contributed by atoms with Crippen molar-refractivity contribution in [2.75, 3.05) is 0 Å². The number of rotatable bonds is 8. The molecule has 0 aromatic heterocycles. The van der Waals surface area contributed by atoms with Crippen LogP contribution in [0.2, 0.25) is 0 Å². The first-order chi connectivity index (χ1) is 8.63. The summed E-state index contributed by atoms with van der Waals surface area (Å²) >= 11 is 0. The van der Waals surface area contributed by atoms with Crippen LogP contribution in [0.25, 0.3) is 0 Å². The van der Waals surface area contributed by atoms with Crippen molar-refractivity contribution in [3.05, 3.63) is 29.8 Å². The number of phenolic OH excluding ortho intramolecular Hbond substituents is 1. The highest BCUT2D eigenvalue weighted by molar-refractivity contribution is 5.26. The molecular formula is C15H24O3. The second-order valence-corrected chi connectivity index (χ2v) is 4.85. The summed E-state index contributed by atoms with van der Waals surface area (Å²) in [6.07, 6.45) is 4.12. The van der Waals surface area contributed by atoms with Gasteiger partial charge >= 0.3 is 0 Å². The van der Waals surface area contributed by atoms with Crippen molar-refractivity contribution in [2.24, 2.45) is 0 Å². The van der Waals surface area contributed by atoms with Gasteiger partial charge in [-0.05, 0) is 24.1 Å². The fraction of sp³-hybridized carbons (Fsp3) is 0.600. The van der Waals surface area contributed by atoms with Crippen molar-refractivity contribution in [1.29, 1.82) is 0 Å². The number of aliphatic hydroxyl groups is 2. The maximum atomic E-state index is 9.88. The number of hydrogen-bond acceptors (Lipinski definition) is 3. The first-order valence-corrected chi connectivity index (χ1v) is 6.77. The molecule has 3 heteroatoms. The van der Waals surface area contributed by atoms with Crippen LogP contribution in [-0.4, -0.2) is 27.5 Å². The van der Waals surface area contributed by atoms with Crippen molar-refractivity contribution in [3.63, 3.8) is 0 Å². The molecule has 0 heterocycles.